The fourth-order valence-corrected chi connectivity index (χ4v) is 6.27. The first-order valence-corrected chi connectivity index (χ1v) is 11.9. The van der Waals surface area contributed by atoms with E-state index in [-0.39, 0.29) is 36.0 Å². The molecule has 0 radical (unpaired) electrons. The Labute approximate surface area is 189 Å². The van der Waals surface area contributed by atoms with Gasteiger partial charge < -0.3 is 9.80 Å². The highest BCUT2D eigenvalue weighted by Gasteiger charge is 2.43. The lowest BCUT2D eigenvalue weighted by atomic mass is 9.90. The van der Waals surface area contributed by atoms with Gasteiger partial charge in [0.1, 0.15) is 15.7 Å². The van der Waals surface area contributed by atoms with Crippen molar-refractivity contribution in [2.24, 2.45) is 0 Å². The number of aromatic nitrogens is 2. The number of thiophene rings is 2. The minimum atomic E-state index is -0.208. The molecule has 0 spiro atoms. The van der Waals surface area contributed by atoms with Crippen LogP contribution in [0.4, 0.5) is 0 Å². The van der Waals surface area contributed by atoms with Gasteiger partial charge in [-0.3, -0.25) is 19.0 Å². The Kier molecular flexibility index (Phi) is 5.09. The molecule has 3 aliphatic heterocycles. The minimum Gasteiger partial charge on any atom is -0.334 e. The zero-order valence-electron chi connectivity index (χ0n) is 15.6. The molecule has 3 aliphatic rings. The largest absolute Gasteiger partial charge is 0.334 e. The van der Waals surface area contributed by atoms with Gasteiger partial charge in [-0.2, -0.15) is 0 Å². The lowest BCUT2D eigenvalue weighted by Crippen LogP contribution is -2.65. The molecule has 0 saturated carbocycles. The number of hydrogen-bond donors (Lipinski definition) is 0. The van der Waals surface area contributed by atoms with Crippen molar-refractivity contribution in [1.82, 2.24) is 19.4 Å². The highest BCUT2D eigenvalue weighted by atomic mass is 35.5. The maximum atomic E-state index is 13.0. The molecule has 156 valence electrons. The number of hydrogen-bond acceptors (Lipinski definition) is 6. The normalized spacial score (nSPS) is 20.9. The molecule has 6 heterocycles. The number of carbonyl (C=O) groups excluding carboxylic acids is 2. The van der Waals surface area contributed by atoms with E-state index in [1.165, 1.54) is 33.6 Å². The molecule has 3 saturated heterocycles. The van der Waals surface area contributed by atoms with Crippen LogP contribution in [-0.4, -0.2) is 56.3 Å². The molecule has 6 rings (SSSR count). The number of carbonyl (C=O) groups is 2. The van der Waals surface area contributed by atoms with E-state index in [1.54, 1.807) is 17.0 Å². The van der Waals surface area contributed by atoms with Crippen LogP contribution in [0.1, 0.15) is 22.5 Å². The Hall–Kier alpha value is -1.94. The van der Waals surface area contributed by atoms with Crippen LogP contribution in [0.15, 0.2) is 28.6 Å². The highest BCUT2D eigenvalue weighted by molar-refractivity contribution is 7.18. The van der Waals surface area contributed by atoms with Gasteiger partial charge in [0, 0.05) is 25.2 Å². The number of nitrogens with zero attached hydrogens (tertiary/aromatic N) is 4. The summed E-state index contributed by atoms with van der Waals surface area (Å²) in [6, 6.07) is 3.21. The van der Waals surface area contributed by atoms with Crippen LogP contribution in [-0.2, 0) is 11.3 Å². The number of rotatable bonds is 3. The first kappa shape index (κ1) is 20.0. The Morgan fingerprint density at radius 3 is 2.57 bits per heavy atom. The van der Waals surface area contributed by atoms with E-state index in [0.29, 0.717) is 37.5 Å². The van der Waals surface area contributed by atoms with Crippen molar-refractivity contribution in [3.8, 4) is 0 Å². The van der Waals surface area contributed by atoms with Gasteiger partial charge in [-0.1, -0.05) is 23.2 Å². The predicted octanol–water partition coefficient (Wildman–Crippen LogP) is 3.34. The number of piperidine rings is 2. The van der Waals surface area contributed by atoms with Gasteiger partial charge in [0.15, 0.2) is 0 Å². The first-order chi connectivity index (χ1) is 14.4. The molecule has 3 fully saturated rings. The third kappa shape index (κ3) is 3.33. The number of piperazine rings is 1. The van der Waals surface area contributed by atoms with Crippen molar-refractivity contribution >= 4 is 67.9 Å². The van der Waals surface area contributed by atoms with Gasteiger partial charge in [0.25, 0.3) is 11.5 Å². The van der Waals surface area contributed by atoms with Crippen LogP contribution < -0.4 is 5.56 Å². The summed E-state index contributed by atoms with van der Waals surface area (Å²) in [4.78, 5) is 47.6. The summed E-state index contributed by atoms with van der Waals surface area (Å²) in [6.07, 6.45) is 3.11. The minimum absolute atomic E-state index is 0.0507. The maximum Gasteiger partial charge on any atom is 0.264 e. The van der Waals surface area contributed by atoms with Crippen LogP contribution in [0.5, 0.6) is 0 Å². The maximum absolute atomic E-state index is 13.0. The van der Waals surface area contributed by atoms with E-state index < -0.39 is 0 Å². The van der Waals surface area contributed by atoms with Crippen molar-refractivity contribution in [3.63, 3.8) is 0 Å². The monoisotopic (exact) mass is 482 g/mol. The summed E-state index contributed by atoms with van der Waals surface area (Å²) in [5.41, 5.74) is -0.208. The molecule has 2 amide bonds. The molecule has 2 unspecified atom stereocenters. The van der Waals surface area contributed by atoms with Crippen LogP contribution in [0, 0.1) is 0 Å². The van der Waals surface area contributed by atoms with Gasteiger partial charge in [0.05, 0.1) is 21.6 Å². The lowest BCUT2D eigenvalue weighted by molar-refractivity contribution is -0.141. The van der Waals surface area contributed by atoms with E-state index in [1.807, 2.05) is 10.3 Å². The summed E-state index contributed by atoms with van der Waals surface area (Å²) in [7, 11) is 0. The third-order valence-electron chi connectivity index (χ3n) is 5.72. The average Bonchev–Trinajstić information content (AvgIpc) is 3.36. The number of halogens is 2. The lowest BCUT2D eigenvalue weighted by Gasteiger charge is -2.51. The molecule has 2 atom stereocenters. The summed E-state index contributed by atoms with van der Waals surface area (Å²) in [6.45, 7) is 0.884. The van der Waals surface area contributed by atoms with Gasteiger partial charge in [0.2, 0.25) is 5.91 Å². The molecule has 3 aromatic rings. The van der Waals surface area contributed by atoms with Crippen LogP contribution in [0.25, 0.3) is 10.2 Å². The summed E-state index contributed by atoms with van der Waals surface area (Å²) in [5, 5.41) is 2.72. The Morgan fingerprint density at radius 2 is 1.90 bits per heavy atom. The van der Waals surface area contributed by atoms with Crippen molar-refractivity contribution in [2.45, 2.75) is 31.5 Å². The van der Waals surface area contributed by atoms with Crippen LogP contribution in [0.2, 0.25) is 9.36 Å². The second-order valence-corrected chi connectivity index (χ2v) is 10.4. The highest BCUT2D eigenvalue weighted by Crippen LogP contribution is 2.35. The molecule has 11 heteroatoms. The zero-order valence-corrected chi connectivity index (χ0v) is 18.7. The van der Waals surface area contributed by atoms with E-state index in [0.717, 1.165) is 12.8 Å². The van der Waals surface area contributed by atoms with Crippen LogP contribution in [0.3, 0.4) is 0 Å². The summed E-state index contributed by atoms with van der Waals surface area (Å²) >= 11 is 14.6. The number of amides is 2. The molecule has 3 aromatic heterocycles. The third-order valence-corrected chi connectivity index (χ3v) is 8.40. The van der Waals surface area contributed by atoms with E-state index in [2.05, 4.69) is 4.98 Å². The van der Waals surface area contributed by atoms with Crippen molar-refractivity contribution < 1.29 is 9.59 Å². The van der Waals surface area contributed by atoms with Gasteiger partial charge in [-0.05, 0) is 30.4 Å². The fourth-order valence-electron chi connectivity index (χ4n) is 4.22. The smallest absolute Gasteiger partial charge is 0.264 e. The molecular formula is C19H16Cl2N4O3S2. The molecule has 7 nitrogen and oxygen atoms in total. The van der Waals surface area contributed by atoms with Gasteiger partial charge >= 0.3 is 0 Å². The van der Waals surface area contributed by atoms with E-state index >= 15 is 0 Å². The Morgan fingerprint density at radius 1 is 1.17 bits per heavy atom. The summed E-state index contributed by atoms with van der Waals surface area (Å²) < 4.78 is 1.76. The van der Waals surface area contributed by atoms with Crippen molar-refractivity contribution in [3.05, 3.63) is 48.4 Å². The molecule has 0 N–H and O–H groups in total. The van der Waals surface area contributed by atoms with E-state index in [9.17, 15) is 14.4 Å². The molecule has 2 bridgehead atoms. The molecule has 30 heavy (non-hydrogen) atoms. The van der Waals surface area contributed by atoms with Crippen molar-refractivity contribution in [2.75, 3.05) is 13.1 Å². The van der Waals surface area contributed by atoms with Crippen molar-refractivity contribution in [1.29, 1.82) is 0 Å². The van der Waals surface area contributed by atoms with Crippen LogP contribution >= 0.6 is 45.9 Å². The van der Waals surface area contributed by atoms with Gasteiger partial charge in [-0.15, -0.1) is 22.7 Å². The van der Waals surface area contributed by atoms with E-state index in [4.69, 9.17) is 23.2 Å². The van der Waals surface area contributed by atoms with Gasteiger partial charge in [-0.25, -0.2) is 4.98 Å². The second kappa shape index (κ2) is 7.64. The molecular weight excluding hydrogens is 467 g/mol. The topological polar surface area (TPSA) is 75.5 Å². The Bertz CT molecular complexity index is 1200. The number of fused-ring (bicyclic) bond motifs is 4. The quantitative estimate of drug-likeness (QED) is 0.573. The standard InChI is InChI=1S/C19H16Cl2N4O3S2/c20-13-5-14(30-16(13)21)19(28)25-7-10-1-2-11(25)6-24(10)15(26)8-23-9-22-17-12(18(23)27)3-4-29-17/h3-5,9-11H,1-2,6-8H2. The average molecular weight is 483 g/mol. The predicted molar refractivity (Wildman–Crippen MR) is 118 cm³/mol. The molecule has 0 aliphatic carbocycles. The molecule has 0 aromatic carbocycles. The zero-order chi connectivity index (χ0) is 21.0. The first-order valence-electron chi connectivity index (χ1n) is 9.40. The SMILES string of the molecule is O=C(Cn1cnc2sccc2c1=O)N1CC2CCC1CN2C(=O)c1cc(Cl)c(Cl)s1. The second-order valence-electron chi connectivity index (χ2n) is 7.44. The summed E-state index contributed by atoms with van der Waals surface area (Å²) in [5.74, 6) is -0.226. The fraction of sp³-hybridized carbons (Fsp3) is 0.368. The Balaban J connectivity index is 1.31.